The van der Waals surface area contributed by atoms with Crippen molar-refractivity contribution >= 4 is 40.9 Å². The summed E-state index contributed by atoms with van der Waals surface area (Å²) in [6, 6.07) is 13.4. The molecule has 3 rings (SSSR count). The van der Waals surface area contributed by atoms with Crippen LogP contribution in [0.4, 0.5) is 0 Å². The predicted octanol–water partition coefficient (Wildman–Crippen LogP) is 6.73. The van der Waals surface area contributed by atoms with E-state index in [0.29, 0.717) is 21.7 Å². The van der Waals surface area contributed by atoms with E-state index in [0.717, 1.165) is 16.7 Å². The number of ether oxygens (including phenoxy) is 1. The Labute approximate surface area is 184 Å². The van der Waals surface area contributed by atoms with Crippen molar-refractivity contribution in [2.24, 2.45) is 0 Å². The molecule has 0 saturated heterocycles. The van der Waals surface area contributed by atoms with Crippen LogP contribution in [-0.2, 0) is 5.75 Å². The lowest BCUT2D eigenvalue weighted by atomic mass is 10.0. The summed E-state index contributed by atoms with van der Waals surface area (Å²) in [4.78, 5) is 21.3. The Kier molecular flexibility index (Phi) is 7.17. The first-order chi connectivity index (χ1) is 13.8. The molecular weight excluding hydrogens is 427 g/mol. The van der Waals surface area contributed by atoms with Gasteiger partial charge in [0, 0.05) is 10.8 Å². The molecule has 0 bridgehead atoms. The Morgan fingerprint density at radius 1 is 1.14 bits per heavy atom. The Hall–Kier alpha value is -2.08. The summed E-state index contributed by atoms with van der Waals surface area (Å²) in [6.45, 7) is 6.04. The van der Waals surface area contributed by atoms with Gasteiger partial charge in [-0.05, 0) is 41.7 Å². The first-order valence-electron chi connectivity index (χ1n) is 9.06. The molecule has 0 N–H and O–H groups in total. The third-order valence-electron chi connectivity index (χ3n) is 4.22. The van der Waals surface area contributed by atoms with Gasteiger partial charge >= 0.3 is 5.97 Å². The highest BCUT2D eigenvalue weighted by Gasteiger charge is 2.19. The number of benzene rings is 2. The minimum absolute atomic E-state index is 0.0412. The van der Waals surface area contributed by atoms with Crippen LogP contribution in [0.2, 0.25) is 10.0 Å². The van der Waals surface area contributed by atoms with E-state index >= 15 is 0 Å². The Balaban J connectivity index is 1.80. The van der Waals surface area contributed by atoms with E-state index in [-0.39, 0.29) is 16.6 Å². The predicted molar refractivity (Wildman–Crippen MR) is 118 cm³/mol. The number of rotatable bonds is 6. The summed E-state index contributed by atoms with van der Waals surface area (Å²) in [7, 11) is 0. The average molecular weight is 447 g/mol. The molecule has 0 fully saturated rings. The smallest absolute Gasteiger partial charge is 0.364 e. The first kappa shape index (κ1) is 21.6. The SMILES string of the molecule is Cc1ccc(C(C)C)c(OC(=O)c2nc(SCc3ccccc3Cl)ncc2Cl)c1. The van der Waals surface area contributed by atoms with Crippen molar-refractivity contribution in [3.63, 3.8) is 0 Å². The van der Waals surface area contributed by atoms with Crippen LogP contribution in [-0.4, -0.2) is 15.9 Å². The summed E-state index contributed by atoms with van der Waals surface area (Å²) in [5, 5.41) is 1.25. The zero-order valence-electron chi connectivity index (χ0n) is 16.3. The lowest BCUT2D eigenvalue weighted by molar-refractivity contribution is 0.0725. The number of esters is 1. The van der Waals surface area contributed by atoms with E-state index in [1.807, 2.05) is 63.2 Å². The Bertz CT molecular complexity index is 1040. The molecule has 0 amide bonds. The quantitative estimate of drug-likeness (QED) is 0.182. The van der Waals surface area contributed by atoms with E-state index < -0.39 is 5.97 Å². The summed E-state index contributed by atoms with van der Waals surface area (Å²) in [6.07, 6.45) is 1.42. The highest BCUT2D eigenvalue weighted by Crippen LogP contribution is 2.30. The molecule has 0 atom stereocenters. The van der Waals surface area contributed by atoms with Gasteiger partial charge in [-0.15, -0.1) is 0 Å². The van der Waals surface area contributed by atoms with Crippen LogP contribution in [0.3, 0.4) is 0 Å². The monoisotopic (exact) mass is 446 g/mol. The zero-order chi connectivity index (χ0) is 21.0. The number of carbonyl (C=O) groups excluding carboxylic acids is 1. The van der Waals surface area contributed by atoms with Crippen molar-refractivity contribution in [3.8, 4) is 5.75 Å². The van der Waals surface area contributed by atoms with Gasteiger partial charge in [0.25, 0.3) is 0 Å². The number of aryl methyl sites for hydroxylation is 1. The highest BCUT2D eigenvalue weighted by molar-refractivity contribution is 7.98. The molecular formula is C22H20Cl2N2O2S. The molecule has 0 aliphatic rings. The third kappa shape index (κ3) is 5.50. The average Bonchev–Trinajstić information content (AvgIpc) is 2.68. The molecule has 1 aromatic heterocycles. The minimum atomic E-state index is -0.607. The van der Waals surface area contributed by atoms with Crippen molar-refractivity contribution in [1.29, 1.82) is 0 Å². The first-order valence-corrected chi connectivity index (χ1v) is 10.8. The Morgan fingerprint density at radius 2 is 1.90 bits per heavy atom. The number of thioether (sulfide) groups is 1. The number of carbonyl (C=O) groups is 1. The second kappa shape index (κ2) is 9.61. The van der Waals surface area contributed by atoms with Gasteiger partial charge in [-0.2, -0.15) is 0 Å². The molecule has 0 spiro atoms. The van der Waals surface area contributed by atoms with Crippen LogP contribution in [0.5, 0.6) is 5.75 Å². The third-order valence-corrected chi connectivity index (χ3v) is 5.78. The molecule has 29 heavy (non-hydrogen) atoms. The van der Waals surface area contributed by atoms with Gasteiger partial charge in [-0.1, -0.05) is 79.1 Å². The van der Waals surface area contributed by atoms with Crippen LogP contribution >= 0.6 is 35.0 Å². The van der Waals surface area contributed by atoms with Crippen LogP contribution in [0.1, 0.15) is 46.9 Å². The second-order valence-electron chi connectivity index (χ2n) is 6.81. The number of aromatic nitrogens is 2. The molecule has 4 nitrogen and oxygen atoms in total. The summed E-state index contributed by atoms with van der Waals surface area (Å²) in [5.41, 5.74) is 2.95. The van der Waals surface area contributed by atoms with Crippen molar-refractivity contribution in [3.05, 3.63) is 81.1 Å². The highest BCUT2D eigenvalue weighted by atomic mass is 35.5. The van der Waals surface area contributed by atoms with Gasteiger partial charge in [0.1, 0.15) is 5.75 Å². The molecule has 3 aromatic rings. The van der Waals surface area contributed by atoms with Crippen molar-refractivity contribution < 1.29 is 9.53 Å². The van der Waals surface area contributed by atoms with Crippen molar-refractivity contribution in [2.75, 3.05) is 0 Å². The fraction of sp³-hybridized carbons (Fsp3) is 0.227. The van der Waals surface area contributed by atoms with E-state index in [4.69, 9.17) is 27.9 Å². The van der Waals surface area contributed by atoms with Crippen LogP contribution in [0.25, 0.3) is 0 Å². The molecule has 0 aliphatic carbocycles. The number of hydrogen-bond donors (Lipinski definition) is 0. The number of nitrogens with zero attached hydrogens (tertiary/aromatic N) is 2. The van der Waals surface area contributed by atoms with Gasteiger partial charge in [0.2, 0.25) is 0 Å². The maximum atomic E-state index is 12.8. The Morgan fingerprint density at radius 3 is 2.62 bits per heavy atom. The van der Waals surface area contributed by atoms with Gasteiger partial charge in [0.05, 0.1) is 11.2 Å². The van der Waals surface area contributed by atoms with E-state index in [1.54, 1.807) is 0 Å². The fourth-order valence-electron chi connectivity index (χ4n) is 2.68. The number of halogens is 2. The van der Waals surface area contributed by atoms with E-state index in [2.05, 4.69) is 9.97 Å². The van der Waals surface area contributed by atoms with Crippen LogP contribution in [0.15, 0.2) is 53.8 Å². The summed E-state index contributed by atoms with van der Waals surface area (Å²) >= 11 is 13.7. The number of hydrogen-bond acceptors (Lipinski definition) is 5. The van der Waals surface area contributed by atoms with E-state index in [9.17, 15) is 4.79 Å². The van der Waals surface area contributed by atoms with E-state index in [1.165, 1.54) is 18.0 Å². The van der Waals surface area contributed by atoms with Gasteiger partial charge in [-0.25, -0.2) is 14.8 Å². The zero-order valence-corrected chi connectivity index (χ0v) is 18.6. The topological polar surface area (TPSA) is 52.1 Å². The minimum Gasteiger partial charge on any atom is -0.421 e. The molecule has 0 saturated carbocycles. The summed E-state index contributed by atoms with van der Waals surface area (Å²) in [5.74, 6) is 0.695. The molecule has 7 heteroatoms. The lowest BCUT2D eigenvalue weighted by Gasteiger charge is -2.14. The molecule has 2 aromatic carbocycles. The normalized spacial score (nSPS) is 11.0. The summed E-state index contributed by atoms with van der Waals surface area (Å²) < 4.78 is 5.65. The van der Waals surface area contributed by atoms with Gasteiger partial charge in [0.15, 0.2) is 10.9 Å². The standard InChI is InChI=1S/C22H20Cl2N2O2S/c1-13(2)16-9-8-14(3)10-19(16)28-21(27)20-18(24)11-25-22(26-20)29-12-15-6-4-5-7-17(15)23/h4-11,13H,12H2,1-3H3. The second-order valence-corrected chi connectivity index (χ2v) is 8.57. The molecule has 1 heterocycles. The van der Waals surface area contributed by atoms with Crippen LogP contribution < -0.4 is 4.74 Å². The largest absolute Gasteiger partial charge is 0.421 e. The maximum Gasteiger partial charge on any atom is 0.364 e. The molecule has 0 radical (unpaired) electrons. The molecule has 0 aliphatic heterocycles. The van der Waals surface area contributed by atoms with Gasteiger partial charge in [-0.3, -0.25) is 0 Å². The molecule has 150 valence electrons. The van der Waals surface area contributed by atoms with Crippen molar-refractivity contribution in [1.82, 2.24) is 9.97 Å². The van der Waals surface area contributed by atoms with Crippen molar-refractivity contribution in [2.45, 2.75) is 37.6 Å². The van der Waals surface area contributed by atoms with Crippen LogP contribution in [0, 0.1) is 6.92 Å². The maximum absolute atomic E-state index is 12.8. The lowest BCUT2D eigenvalue weighted by Crippen LogP contribution is -2.14. The molecule has 0 unspecified atom stereocenters. The fourth-order valence-corrected chi connectivity index (χ4v) is 3.95. The van der Waals surface area contributed by atoms with Gasteiger partial charge < -0.3 is 4.74 Å².